The van der Waals surface area contributed by atoms with E-state index in [9.17, 15) is 14.7 Å². The summed E-state index contributed by atoms with van der Waals surface area (Å²) in [6, 6.07) is 19.0. The van der Waals surface area contributed by atoms with Crippen molar-refractivity contribution in [2.75, 3.05) is 18.6 Å². The van der Waals surface area contributed by atoms with Crippen molar-refractivity contribution < 1.29 is 24.2 Å². The molecule has 0 radical (unpaired) electrons. The van der Waals surface area contributed by atoms with Crippen molar-refractivity contribution in [1.82, 2.24) is 0 Å². The fourth-order valence-electron chi connectivity index (χ4n) is 4.42. The van der Waals surface area contributed by atoms with Crippen LogP contribution < -0.4 is 14.4 Å². The molecule has 3 aromatic rings. The maximum atomic E-state index is 13.4. The largest absolute Gasteiger partial charge is 0.507 e. The molecule has 0 spiro atoms. The lowest BCUT2D eigenvalue weighted by Gasteiger charge is -2.26. The lowest BCUT2D eigenvalue weighted by molar-refractivity contribution is -0.132. The summed E-state index contributed by atoms with van der Waals surface area (Å²) in [6.45, 7) is 6.42. The number of carbonyl (C=O) groups excluding carboxylic acids is 2. The number of benzene rings is 3. The number of hydrogen-bond donors (Lipinski definition) is 1. The number of aliphatic hydroxyl groups is 1. The SMILES string of the molecule is CCCOc1cccc(/C(O)=C2\C(=O)C(=O)N(c3cc(C)cc(C)c3)C2c2cccc(OC)c2)c1. The van der Waals surface area contributed by atoms with Gasteiger partial charge in [-0.15, -0.1) is 0 Å². The molecule has 0 bridgehead atoms. The Hall–Kier alpha value is -4.06. The molecular formula is C29H29NO5. The lowest BCUT2D eigenvalue weighted by Crippen LogP contribution is -2.29. The Balaban J connectivity index is 1.92. The molecule has 1 amide bonds. The first kappa shape index (κ1) is 24.1. The van der Waals surface area contributed by atoms with Gasteiger partial charge in [0.2, 0.25) is 0 Å². The minimum atomic E-state index is -0.827. The van der Waals surface area contributed by atoms with E-state index in [4.69, 9.17) is 9.47 Å². The Morgan fingerprint density at radius 3 is 2.31 bits per heavy atom. The average Bonchev–Trinajstić information content (AvgIpc) is 3.12. The van der Waals surface area contributed by atoms with Crippen LogP contribution in [0.1, 0.15) is 41.6 Å². The summed E-state index contributed by atoms with van der Waals surface area (Å²) in [5.41, 5.74) is 3.61. The minimum absolute atomic E-state index is 0.0232. The van der Waals surface area contributed by atoms with Crippen LogP contribution in [0.5, 0.6) is 11.5 Å². The smallest absolute Gasteiger partial charge is 0.300 e. The normalized spacial score (nSPS) is 17.0. The quantitative estimate of drug-likeness (QED) is 0.271. The van der Waals surface area contributed by atoms with Crippen molar-refractivity contribution in [2.24, 2.45) is 0 Å². The van der Waals surface area contributed by atoms with Crippen molar-refractivity contribution in [3.8, 4) is 11.5 Å². The van der Waals surface area contributed by atoms with Gasteiger partial charge in [0.15, 0.2) is 0 Å². The van der Waals surface area contributed by atoms with Crippen LogP contribution in [0.4, 0.5) is 5.69 Å². The van der Waals surface area contributed by atoms with Crippen molar-refractivity contribution in [3.63, 3.8) is 0 Å². The number of hydrogen-bond acceptors (Lipinski definition) is 5. The Kier molecular flexibility index (Phi) is 6.92. The highest BCUT2D eigenvalue weighted by molar-refractivity contribution is 6.51. The van der Waals surface area contributed by atoms with Gasteiger partial charge in [0.05, 0.1) is 25.3 Å². The maximum Gasteiger partial charge on any atom is 0.300 e. The minimum Gasteiger partial charge on any atom is -0.507 e. The number of methoxy groups -OCH3 is 1. The highest BCUT2D eigenvalue weighted by atomic mass is 16.5. The molecular weight excluding hydrogens is 442 g/mol. The number of amides is 1. The summed E-state index contributed by atoms with van der Waals surface area (Å²) < 4.78 is 11.1. The summed E-state index contributed by atoms with van der Waals surface area (Å²) in [5, 5.41) is 11.4. The second kappa shape index (κ2) is 10.1. The lowest BCUT2D eigenvalue weighted by atomic mass is 9.94. The maximum absolute atomic E-state index is 13.4. The molecule has 3 aromatic carbocycles. The number of carbonyl (C=O) groups is 2. The molecule has 180 valence electrons. The Bertz CT molecular complexity index is 1290. The first-order chi connectivity index (χ1) is 16.8. The van der Waals surface area contributed by atoms with Gasteiger partial charge in [-0.05, 0) is 73.4 Å². The number of aryl methyl sites for hydroxylation is 2. The number of ether oxygens (including phenoxy) is 2. The second-order valence-electron chi connectivity index (χ2n) is 8.67. The number of aliphatic hydroxyl groups excluding tert-OH is 1. The molecule has 0 saturated carbocycles. The predicted octanol–water partition coefficient (Wildman–Crippen LogP) is 5.73. The van der Waals surface area contributed by atoms with Gasteiger partial charge >= 0.3 is 0 Å². The molecule has 4 rings (SSSR count). The molecule has 1 N–H and O–H groups in total. The first-order valence-electron chi connectivity index (χ1n) is 11.6. The zero-order valence-corrected chi connectivity index (χ0v) is 20.4. The third-order valence-corrected chi connectivity index (χ3v) is 5.92. The third-order valence-electron chi connectivity index (χ3n) is 5.92. The monoisotopic (exact) mass is 471 g/mol. The molecule has 35 heavy (non-hydrogen) atoms. The van der Waals surface area contributed by atoms with Crippen LogP contribution in [0, 0.1) is 13.8 Å². The van der Waals surface area contributed by atoms with Gasteiger partial charge in [-0.2, -0.15) is 0 Å². The van der Waals surface area contributed by atoms with Gasteiger partial charge in [0.1, 0.15) is 17.3 Å². The topological polar surface area (TPSA) is 76.1 Å². The number of rotatable bonds is 7. The predicted molar refractivity (Wildman–Crippen MR) is 136 cm³/mol. The van der Waals surface area contributed by atoms with E-state index >= 15 is 0 Å². The summed E-state index contributed by atoms with van der Waals surface area (Å²) in [7, 11) is 1.56. The van der Waals surface area contributed by atoms with Crippen LogP contribution in [0.3, 0.4) is 0 Å². The van der Waals surface area contributed by atoms with E-state index in [2.05, 4.69) is 0 Å². The van der Waals surface area contributed by atoms with E-state index in [0.29, 0.717) is 34.9 Å². The molecule has 1 fully saturated rings. The van der Waals surface area contributed by atoms with Gasteiger partial charge in [0.25, 0.3) is 11.7 Å². The van der Waals surface area contributed by atoms with Gasteiger partial charge in [0, 0.05) is 11.3 Å². The van der Waals surface area contributed by atoms with E-state index in [-0.39, 0.29) is 11.3 Å². The van der Waals surface area contributed by atoms with Gasteiger partial charge in [-0.25, -0.2) is 0 Å². The molecule has 0 aliphatic carbocycles. The second-order valence-corrected chi connectivity index (χ2v) is 8.67. The van der Waals surface area contributed by atoms with Gasteiger partial charge in [-0.3, -0.25) is 14.5 Å². The zero-order chi connectivity index (χ0) is 25.1. The number of Topliss-reactive ketones (excluding diaryl/α,β-unsaturated/α-hetero) is 1. The fraction of sp³-hybridized carbons (Fsp3) is 0.241. The van der Waals surface area contributed by atoms with E-state index in [1.807, 2.05) is 45.0 Å². The molecule has 1 aliphatic heterocycles. The standard InChI is InChI=1S/C29H29NO5/c1-5-12-35-24-11-7-9-21(17-24)27(31)25-26(20-8-6-10-23(16-20)34-4)30(29(33)28(25)32)22-14-18(2)13-19(3)15-22/h6-11,13-17,26,31H,5,12H2,1-4H3/b27-25+. The molecule has 6 heteroatoms. The molecule has 1 heterocycles. The number of ketones is 1. The summed E-state index contributed by atoms with van der Waals surface area (Å²) in [6.07, 6.45) is 0.840. The Labute approximate surface area is 205 Å². The highest BCUT2D eigenvalue weighted by Crippen LogP contribution is 2.43. The van der Waals surface area contributed by atoms with Crippen molar-refractivity contribution in [1.29, 1.82) is 0 Å². The Morgan fingerprint density at radius 1 is 0.943 bits per heavy atom. The van der Waals surface area contributed by atoms with Crippen LogP contribution in [-0.2, 0) is 9.59 Å². The molecule has 0 aromatic heterocycles. The van der Waals surface area contributed by atoms with E-state index in [0.717, 1.165) is 17.5 Å². The number of nitrogens with zero attached hydrogens (tertiary/aromatic N) is 1. The highest BCUT2D eigenvalue weighted by Gasteiger charge is 2.47. The van der Waals surface area contributed by atoms with E-state index < -0.39 is 17.7 Å². The number of anilines is 1. The third kappa shape index (κ3) is 4.78. The fourth-order valence-corrected chi connectivity index (χ4v) is 4.42. The van der Waals surface area contributed by atoms with Crippen LogP contribution >= 0.6 is 0 Å². The summed E-state index contributed by atoms with van der Waals surface area (Å²) in [5.74, 6) is -0.511. The van der Waals surface area contributed by atoms with Crippen molar-refractivity contribution in [2.45, 2.75) is 33.2 Å². The van der Waals surface area contributed by atoms with Crippen LogP contribution in [0.25, 0.3) is 5.76 Å². The molecule has 1 saturated heterocycles. The Morgan fingerprint density at radius 2 is 1.63 bits per heavy atom. The zero-order valence-electron chi connectivity index (χ0n) is 20.4. The summed E-state index contributed by atoms with van der Waals surface area (Å²) >= 11 is 0. The van der Waals surface area contributed by atoms with E-state index in [1.54, 1.807) is 49.6 Å². The first-order valence-corrected chi connectivity index (χ1v) is 11.6. The summed E-state index contributed by atoms with van der Waals surface area (Å²) in [4.78, 5) is 28.3. The molecule has 6 nitrogen and oxygen atoms in total. The van der Waals surface area contributed by atoms with Crippen LogP contribution in [0.15, 0.2) is 72.3 Å². The molecule has 1 unspecified atom stereocenters. The average molecular weight is 472 g/mol. The van der Waals surface area contributed by atoms with Crippen molar-refractivity contribution in [3.05, 3.63) is 94.6 Å². The van der Waals surface area contributed by atoms with E-state index in [1.165, 1.54) is 4.90 Å². The molecule has 1 aliphatic rings. The van der Waals surface area contributed by atoms with Crippen molar-refractivity contribution >= 4 is 23.1 Å². The van der Waals surface area contributed by atoms with Gasteiger partial charge < -0.3 is 14.6 Å². The van der Waals surface area contributed by atoms with Gasteiger partial charge in [-0.1, -0.05) is 37.3 Å². The van der Waals surface area contributed by atoms with Crippen LogP contribution in [0.2, 0.25) is 0 Å². The molecule has 1 atom stereocenters. The van der Waals surface area contributed by atoms with Crippen LogP contribution in [-0.4, -0.2) is 30.5 Å².